The number of hydrogen-bond acceptors (Lipinski definition) is 3. The van der Waals surface area contributed by atoms with Gasteiger partial charge in [0.25, 0.3) is 0 Å². The van der Waals surface area contributed by atoms with Crippen molar-refractivity contribution in [3.05, 3.63) is 35.8 Å². The summed E-state index contributed by atoms with van der Waals surface area (Å²) in [5.74, 6) is 0.834. The normalized spacial score (nSPS) is 24.2. The minimum absolute atomic E-state index is 0. The molecule has 0 spiro atoms. The maximum Gasteiger partial charge on any atom is 0.191 e. The van der Waals surface area contributed by atoms with E-state index in [2.05, 4.69) is 60.0 Å². The van der Waals surface area contributed by atoms with Gasteiger partial charge >= 0.3 is 0 Å². The first-order valence-corrected chi connectivity index (χ1v) is 9.26. The molecule has 0 saturated heterocycles. The average molecular weight is 485 g/mol. The van der Waals surface area contributed by atoms with Crippen molar-refractivity contribution in [2.75, 3.05) is 20.7 Å². The molecule has 1 fully saturated rings. The Balaban J connectivity index is 0.00000261. The molecule has 1 saturated carbocycles. The van der Waals surface area contributed by atoms with Crippen LogP contribution in [-0.2, 0) is 11.2 Å². The SMILES string of the molecule is CN=C(NCCc1cn2cccc(C)c2n1)NC1CC(C)(OC)C1(C)C.I. The molecule has 2 N–H and O–H groups in total. The number of pyridine rings is 1. The van der Waals surface area contributed by atoms with Crippen molar-refractivity contribution < 1.29 is 4.74 Å². The number of imidazole rings is 1. The highest BCUT2D eigenvalue weighted by atomic mass is 127. The second-order valence-corrected chi connectivity index (χ2v) is 7.96. The summed E-state index contributed by atoms with van der Waals surface area (Å²) in [5.41, 5.74) is 3.27. The minimum Gasteiger partial charge on any atom is -0.378 e. The second kappa shape index (κ2) is 8.34. The lowest BCUT2D eigenvalue weighted by Crippen LogP contribution is -2.69. The summed E-state index contributed by atoms with van der Waals surface area (Å²) in [6.45, 7) is 9.53. The maximum atomic E-state index is 5.70. The number of methoxy groups -OCH3 is 1. The van der Waals surface area contributed by atoms with Gasteiger partial charge in [-0.15, -0.1) is 24.0 Å². The summed E-state index contributed by atoms with van der Waals surface area (Å²) < 4.78 is 7.78. The molecule has 0 amide bonds. The maximum absolute atomic E-state index is 5.70. The molecule has 0 bridgehead atoms. The molecule has 2 aromatic rings. The Labute approximate surface area is 179 Å². The van der Waals surface area contributed by atoms with Crippen LogP contribution < -0.4 is 10.6 Å². The molecular formula is C20H32IN5O. The fraction of sp³-hybridized carbons (Fsp3) is 0.600. The number of hydrogen-bond donors (Lipinski definition) is 2. The third kappa shape index (κ3) is 4.08. The lowest BCUT2D eigenvalue weighted by atomic mass is 9.56. The van der Waals surface area contributed by atoms with Crippen LogP contribution in [-0.4, -0.2) is 47.7 Å². The Kier molecular flexibility index (Phi) is 6.78. The van der Waals surface area contributed by atoms with Gasteiger partial charge in [0, 0.05) is 51.0 Å². The predicted molar refractivity (Wildman–Crippen MR) is 121 cm³/mol. The molecule has 7 heteroatoms. The molecule has 2 atom stereocenters. The van der Waals surface area contributed by atoms with Crippen LogP contribution in [0.5, 0.6) is 0 Å². The van der Waals surface area contributed by atoms with Crippen molar-refractivity contribution >= 4 is 35.6 Å². The van der Waals surface area contributed by atoms with E-state index in [1.165, 1.54) is 5.56 Å². The fourth-order valence-electron chi connectivity index (χ4n) is 3.72. The van der Waals surface area contributed by atoms with Crippen LogP contribution in [0.2, 0.25) is 0 Å². The molecule has 6 nitrogen and oxygen atoms in total. The number of nitrogens with zero attached hydrogens (tertiary/aromatic N) is 3. The van der Waals surface area contributed by atoms with Crippen molar-refractivity contribution in [3.63, 3.8) is 0 Å². The summed E-state index contributed by atoms with van der Waals surface area (Å²) in [6.07, 6.45) is 5.96. The van der Waals surface area contributed by atoms with Crippen LogP contribution in [0.4, 0.5) is 0 Å². The molecule has 3 rings (SSSR count). The lowest BCUT2D eigenvalue weighted by molar-refractivity contribution is -0.176. The van der Waals surface area contributed by atoms with Gasteiger partial charge in [0.05, 0.1) is 11.3 Å². The number of aliphatic imine (C=N–C) groups is 1. The van der Waals surface area contributed by atoms with Crippen molar-refractivity contribution in [3.8, 4) is 0 Å². The van der Waals surface area contributed by atoms with E-state index in [9.17, 15) is 0 Å². The lowest BCUT2D eigenvalue weighted by Gasteiger charge is -2.59. The van der Waals surface area contributed by atoms with Gasteiger partial charge in [-0.3, -0.25) is 4.99 Å². The molecule has 1 aliphatic rings. The fourth-order valence-corrected chi connectivity index (χ4v) is 3.72. The molecule has 150 valence electrons. The molecule has 2 aromatic heterocycles. The van der Waals surface area contributed by atoms with E-state index in [-0.39, 0.29) is 35.0 Å². The van der Waals surface area contributed by atoms with E-state index < -0.39 is 0 Å². The van der Waals surface area contributed by atoms with Crippen molar-refractivity contribution in [1.29, 1.82) is 0 Å². The Morgan fingerprint density at radius 2 is 2.15 bits per heavy atom. The van der Waals surface area contributed by atoms with Gasteiger partial charge in [-0.2, -0.15) is 0 Å². The number of nitrogens with one attached hydrogen (secondary N) is 2. The first-order chi connectivity index (χ1) is 12.3. The van der Waals surface area contributed by atoms with Crippen LogP contribution in [0, 0.1) is 12.3 Å². The third-order valence-electron chi connectivity index (χ3n) is 6.21. The molecule has 2 heterocycles. The first kappa shape index (κ1) is 21.9. The Bertz CT molecular complexity index is 816. The Morgan fingerprint density at radius 1 is 1.41 bits per heavy atom. The van der Waals surface area contributed by atoms with E-state index in [0.29, 0.717) is 6.04 Å². The number of rotatable bonds is 5. The van der Waals surface area contributed by atoms with Crippen molar-refractivity contribution in [2.24, 2.45) is 10.4 Å². The number of aryl methyl sites for hydroxylation is 1. The van der Waals surface area contributed by atoms with Gasteiger partial charge in [0.15, 0.2) is 5.96 Å². The number of fused-ring (bicyclic) bond motifs is 1. The first-order valence-electron chi connectivity index (χ1n) is 9.26. The van der Waals surface area contributed by atoms with Gasteiger partial charge in [-0.25, -0.2) is 4.98 Å². The molecule has 1 aliphatic carbocycles. The van der Waals surface area contributed by atoms with Crippen LogP contribution in [0.3, 0.4) is 0 Å². The minimum atomic E-state index is -0.0854. The topological polar surface area (TPSA) is 63.0 Å². The van der Waals surface area contributed by atoms with Crippen LogP contribution in [0.1, 0.15) is 38.4 Å². The summed E-state index contributed by atoms with van der Waals surface area (Å²) in [7, 11) is 3.60. The second-order valence-electron chi connectivity index (χ2n) is 7.96. The zero-order chi connectivity index (χ0) is 18.9. The van der Waals surface area contributed by atoms with Crippen LogP contribution >= 0.6 is 24.0 Å². The summed E-state index contributed by atoms with van der Waals surface area (Å²) in [4.78, 5) is 9.09. The largest absolute Gasteiger partial charge is 0.378 e. The highest BCUT2D eigenvalue weighted by molar-refractivity contribution is 14.0. The molecule has 27 heavy (non-hydrogen) atoms. The highest BCUT2D eigenvalue weighted by Crippen LogP contribution is 2.51. The van der Waals surface area contributed by atoms with Crippen molar-refractivity contribution in [2.45, 2.75) is 52.2 Å². The summed E-state index contributed by atoms with van der Waals surface area (Å²) in [5, 5.41) is 6.95. The quantitative estimate of drug-likeness (QED) is 0.388. The van der Waals surface area contributed by atoms with E-state index in [1.54, 1.807) is 7.11 Å². The van der Waals surface area contributed by atoms with Gasteiger partial charge in [-0.05, 0) is 31.9 Å². The smallest absolute Gasteiger partial charge is 0.191 e. The van der Waals surface area contributed by atoms with E-state index in [1.807, 2.05) is 19.3 Å². The van der Waals surface area contributed by atoms with Gasteiger partial charge in [0.2, 0.25) is 0 Å². The Hall–Kier alpha value is -1.35. The number of guanidine groups is 1. The van der Waals surface area contributed by atoms with Crippen LogP contribution in [0.25, 0.3) is 5.65 Å². The van der Waals surface area contributed by atoms with E-state index in [0.717, 1.165) is 36.7 Å². The standard InChI is InChI=1S/C20H31N5O.HI/c1-14-8-7-11-25-13-15(23-17(14)25)9-10-22-18(21-5)24-16-12-20(4,26-6)19(16,2)3;/h7-8,11,13,16H,9-10,12H2,1-6H3,(H2,21,22,24);1H. The van der Waals surface area contributed by atoms with Crippen molar-refractivity contribution in [1.82, 2.24) is 20.0 Å². The van der Waals surface area contributed by atoms with E-state index >= 15 is 0 Å². The van der Waals surface area contributed by atoms with Gasteiger partial charge < -0.3 is 19.8 Å². The Morgan fingerprint density at radius 3 is 2.74 bits per heavy atom. The number of halogens is 1. The molecule has 0 aliphatic heterocycles. The van der Waals surface area contributed by atoms with Gasteiger partial charge in [0.1, 0.15) is 5.65 Å². The molecule has 0 radical (unpaired) electrons. The summed E-state index contributed by atoms with van der Waals surface area (Å²) >= 11 is 0. The van der Waals surface area contributed by atoms with Gasteiger partial charge in [-0.1, -0.05) is 19.9 Å². The molecule has 0 aromatic carbocycles. The number of aromatic nitrogens is 2. The molecular weight excluding hydrogens is 453 g/mol. The molecule has 2 unspecified atom stereocenters. The highest BCUT2D eigenvalue weighted by Gasteiger charge is 2.58. The predicted octanol–water partition coefficient (Wildman–Crippen LogP) is 3.17. The van der Waals surface area contributed by atoms with Crippen LogP contribution in [0.15, 0.2) is 29.5 Å². The zero-order valence-electron chi connectivity index (χ0n) is 17.2. The monoisotopic (exact) mass is 485 g/mol. The van der Waals surface area contributed by atoms with E-state index in [4.69, 9.17) is 9.72 Å². The average Bonchev–Trinajstić information content (AvgIpc) is 3.04. The number of ether oxygens (including phenoxy) is 1. The third-order valence-corrected chi connectivity index (χ3v) is 6.21. The zero-order valence-corrected chi connectivity index (χ0v) is 19.5. The summed E-state index contributed by atoms with van der Waals surface area (Å²) in [6, 6.07) is 4.48.